The Bertz CT molecular complexity index is 1240. The molecule has 0 bridgehead atoms. The monoisotopic (exact) mass is 563 g/mol. The SMILES string of the molecule is CC1CN(c2nc(Nc3ccncn3)c3c(n2)c(COCC(F)(F)F)nn3CCOCC(F)(F)F)C(C)CN1. The van der Waals surface area contributed by atoms with Crippen molar-refractivity contribution in [2.75, 3.05) is 43.1 Å². The minimum absolute atomic E-state index is 0.0127. The number of anilines is 3. The lowest BCUT2D eigenvalue weighted by molar-refractivity contribution is -0.177. The molecule has 0 amide bonds. The maximum Gasteiger partial charge on any atom is 0.411 e. The largest absolute Gasteiger partial charge is 0.411 e. The van der Waals surface area contributed by atoms with Crippen molar-refractivity contribution in [3.63, 3.8) is 0 Å². The molecule has 3 aromatic rings. The lowest BCUT2D eigenvalue weighted by Gasteiger charge is -2.37. The van der Waals surface area contributed by atoms with E-state index in [0.29, 0.717) is 24.9 Å². The van der Waals surface area contributed by atoms with Crippen LogP contribution in [0.25, 0.3) is 11.0 Å². The van der Waals surface area contributed by atoms with Crippen molar-refractivity contribution in [2.45, 2.75) is 51.4 Å². The molecule has 2 unspecified atom stereocenters. The van der Waals surface area contributed by atoms with Crippen molar-refractivity contribution in [1.82, 2.24) is 35.0 Å². The van der Waals surface area contributed by atoms with Gasteiger partial charge in [-0.3, -0.25) is 4.68 Å². The van der Waals surface area contributed by atoms with Crippen molar-refractivity contribution >= 4 is 28.6 Å². The third-order valence-electron chi connectivity index (χ3n) is 5.71. The first-order valence-corrected chi connectivity index (χ1v) is 12.0. The molecule has 4 heterocycles. The smallest absolute Gasteiger partial charge is 0.370 e. The van der Waals surface area contributed by atoms with Gasteiger partial charge >= 0.3 is 12.4 Å². The summed E-state index contributed by atoms with van der Waals surface area (Å²) in [6.45, 7) is 1.13. The number of nitrogens with one attached hydrogen (secondary N) is 2. The van der Waals surface area contributed by atoms with Crippen molar-refractivity contribution < 1.29 is 35.8 Å². The van der Waals surface area contributed by atoms with E-state index in [4.69, 9.17) is 9.47 Å². The molecular formula is C22H27F6N9O2. The zero-order valence-corrected chi connectivity index (χ0v) is 21.1. The maximum atomic E-state index is 12.8. The Morgan fingerprint density at radius 3 is 2.51 bits per heavy atom. The number of fused-ring (bicyclic) bond motifs is 1. The van der Waals surface area contributed by atoms with Crippen LogP contribution in [0.2, 0.25) is 0 Å². The third kappa shape index (κ3) is 7.86. The summed E-state index contributed by atoms with van der Waals surface area (Å²) in [6, 6.07) is 1.67. The standard InChI is InChI=1S/C22H27F6N9O2/c1-13-8-36(14(2)7-30-13)20-33-17-15(9-39-11-22(26,27)28)35-37(5-6-38-10-21(23,24)25)18(17)19(34-20)32-16-3-4-29-12-31-16/h3-4,12-14,30H,5-11H2,1-2H3,(H,29,31,32,33,34). The predicted molar refractivity (Wildman–Crippen MR) is 127 cm³/mol. The summed E-state index contributed by atoms with van der Waals surface area (Å²) in [6.07, 6.45) is -6.28. The van der Waals surface area contributed by atoms with E-state index in [-0.39, 0.29) is 47.8 Å². The quantitative estimate of drug-likeness (QED) is 0.282. The lowest BCUT2D eigenvalue weighted by Crippen LogP contribution is -2.55. The van der Waals surface area contributed by atoms with Crippen molar-refractivity contribution in [3.05, 3.63) is 24.3 Å². The van der Waals surface area contributed by atoms with E-state index in [1.165, 1.54) is 17.2 Å². The van der Waals surface area contributed by atoms with E-state index in [0.717, 1.165) is 0 Å². The molecule has 1 fully saturated rings. The Balaban J connectivity index is 1.77. The molecule has 0 saturated carbocycles. The van der Waals surface area contributed by atoms with Gasteiger partial charge in [0, 0.05) is 31.4 Å². The number of hydrogen-bond acceptors (Lipinski definition) is 10. The molecule has 2 N–H and O–H groups in total. The zero-order chi connectivity index (χ0) is 28.2. The summed E-state index contributed by atoms with van der Waals surface area (Å²) in [4.78, 5) is 19.3. The van der Waals surface area contributed by atoms with E-state index >= 15 is 0 Å². The second kappa shape index (κ2) is 11.8. The number of alkyl halides is 6. The fourth-order valence-corrected chi connectivity index (χ4v) is 3.99. The summed E-state index contributed by atoms with van der Waals surface area (Å²) in [5.74, 6) is 0.857. The van der Waals surface area contributed by atoms with Gasteiger partial charge in [0.1, 0.15) is 42.1 Å². The molecule has 0 aromatic carbocycles. The van der Waals surface area contributed by atoms with Gasteiger partial charge in [-0.05, 0) is 19.9 Å². The zero-order valence-electron chi connectivity index (χ0n) is 21.1. The van der Waals surface area contributed by atoms with Crippen LogP contribution in [-0.4, -0.2) is 87.1 Å². The van der Waals surface area contributed by atoms with Crippen LogP contribution < -0.4 is 15.5 Å². The van der Waals surface area contributed by atoms with Crippen LogP contribution in [0.5, 0.6) is 0 Å². The molecule has 4 rings (SSSR count). The van der Waals surface area contributed by atoms with Crippen molar-refractivity contribution in [2.24, 2.45) is 0 Å². The number of rotatable bonds is 10. The average molecular weight is 564 g/mol. The molecule has 2 atom stereocenters. The first-order valence-electron chi connectivity index (χ1n) is 12.0. The second-order valence-electron chi connectivity index (χ2n) is 9.05. The summed E-state index contributed by atoms with van der Waals surface area (Å²) in [7, 11) is 0. The Hall–Kier alpha value is -3.31. The van der Waals surface area contributed by atoms with E-state index in [1.54, 1.807) is 6.07 Å². The van der Waals surface area contributed by atoms with Crippen LogP contribution in [0, 0.1) is 0 Å². The van der Waals surface area contributed by atoms with Crippen LogP contribution in [0.1, 0.15) is 19.5 Å². The first-order chi connectivity index (χ1) is 18.4. The Labute approximate surface area is 218 Å². The van der Waals surface area contributed by atoms with E-state index in [2.05, 4.69) is 35.7 Å². The van der Waals surface area contributed by atoms with Gasteiger partial charge in [-0.2, -0.15) is 36.4 Å². The highest BCUT2D eigenvalue weighted by Crippen LogP contribution is 2.30. The second-order valence-corrected chi connectivity index (χ2v) is 9.05. The number of hydrogen-bond donors (Lipinski definition) is 2. The molecule has 39 heavy (non-hydrogen) atoms. The topological polar surface area (TPSA) is 115 Å². The van der Waals surface area contributed by atoms with Crippen LogP contribution in [0.3, 0.4) is 0 Å². The average Bonchev–Trinajstić information content (AvgIpc) is 3.20. The maximum absolute atomic E-state index is 12.8. The molecule has 0 spiro atoms. The fraction of sp³-hybridized carbons (Fsp3) is 0.591. The number of ether oxygens (including phenoxy) is 2. The Morgan fingerprint density at radius 1 is 1.08 bits per heavy atom. The molecule has 0 radical (unpaired) electrons. The van der Waals surface area contributed by atoms with E-state index in [9.17, 15) is 26.3 Å². The Morgan fingerprint density at radius 2 is 1.82 bits per heavy atom. The number of aromatic nitrogens is 6. The van der Waals surface area contributed by atoms with Crippen LogP contribution in [-0.2, 0) is 22.6 Å². The third-order valence-corrected chi connectivity index (χ3v) is 5.71. The van der Waals surface area contributed by atoms with E-state index < -0.39 is 32.2 Å². The Kier molecular flexibility index (Phi) is 8.70. The van der Waals surface area contributed by atoms with Crippen molar-refractivity contribution in [1.29, 1.82) is 0 Å². The molecule has 3 aromatic heterocycles. The normalized spacial score (nSPS) is 18.6. The van der Waals surface area contributed by atoms with Gasteiger partial charge in [-0.25, -0.2) is 15.0 Å². The highest BCUT2D eigenvalue weighted by molar-refractivity contribution is 5.90. The molecule has 214 valence electrons. The number of nitrogens with zero attached hydrogens (tertiary/aromatic N) is 7. The lowest BCUT2D eigenvalue weighted by atomic mass is 10.1. The minimum atomic E-state index is -4.56. The van der Waals surface area contributed by atoms with Crippen molar-refractivity contribution in [3.8, 4) is 0 Å². The summed E-state index contributed by atoms with van der Waals surface area (Å²) >= 11 is 0. The van der Waals surface area contributed by atoms with Gasteiger partial charge in [0.15, 0.2) is 5.82 Å². The van der Waals surface area contributed by atoms with Gasteiger partial charge in [-0.1, -0.05) is 0 Å². The summed E-state index contributed by atoms with van der Waals surface area (Å²) < 4.78 is 86.8. The van der Waals surface area contributed by atoms with Gasteiger partial charge in [-0.15, -0.1) is 0 Å². The molecule has 1 aliphatic rings. The van der Waals surface area contributed by atoms with Gasteiger partial charge in [0.2, 0.25) is 5.95 Å². The highest BCUT2D eigenvalue weighted by atomic mass is 19.4. The van der Waals surface area contributed by atoms with Gasteiger partial charge in [0.05, 0.1) is 19.8 Å². The molecular weight excluding hydrogens is 536 g/mol. The van der Waals surface area contributed by atoms with Crippen LogP contribution >= 0.6 is 0 Å². The first kappa shape index (κ1) is 28.7. The van der Waals surface area contributed by atoms with Gasteiger partial charge < -0.3 is 25.0 Å². The minimum Gasteiger partial charge on any atom is -0.370 e. The number of halogens is 6. The van der Waals surface area contributed by atoms with E-state index in [1.807, 2.05) is 18.7 Å². The summed E-state index contributed by atoms with van der Waals surface area (Å²) in [5.41, 5.74) is 0.498. The molecule has 1 aliphatic heterocycles. The predicted octanol–water partition coefficient (Wildman–Crippen LogP) is 3.20. The van der Waals surface area contributed by atoms with Crippen LogP contribution in [0.4, 0.5) is 43.9 Å². The molecule has 11 nitrogen and oxygen atoms in total. The molecule has 0 aliphatic carbocycles. The molecule has 17 heteroatoms. The summed E-state index contributed by atoms with van der Waals surface area (Å²) in [5, 5.41) is 10.7. The highest BCUT2D eigenvalue weighted by Gasteiger charge is 2.30. The molecule has 1 saturated heterocycles. The fourth-order valence-electron chi connectivity index (χ4n) is 3.99. The number of piperazine rings is 1. The van der Waals surface area contributed by atoms with Crippen LogP contribution in [0.15, 0.2) is 18.6 Å². The van der Waals surface area contributed by atoms with Gasteiger partial charge in [0.25, 0.3) is 0 Å².